The van der Waals surface area contributed by atoms with Crippen LogP contribution in [0.25, 0.3) is 0 Å². The Morgan fingerprint density at radius 3 is 2.36 bits per heavy atom. The average Bonchev–Trinajstić information content (AvgIpc) is 2.62. The molecule has 1 fully saturated rings. The highest BCUT2D eigenvalue weighted by molar-refractivity contribution is 7.89. The molecule has 0 spiro atoms. The Kier molecular flexibility index (Phi) is 7.22. The summed E-state index contributed by atoms with van der Waals surface area (Å²) in [6.45, 7) is 4.97. The van der Waals surface area contributed by atoms with Crippen LogP contribution in [0, 0.1) is 0 Å². The molecule has 0 aliphatic carbocycles. The minimum Gasteiger partial charge on any atom is -0.497 e. The molecule has 1 saturated heterocycles. The minimum atomic E-state index is -3.51. The standard InChI is InChI=1S/C17H27N3O4S/c1-3-4-9-18-17(21)14-19-10-12-20(13-11-19)25(22,23)16-7-5-15(24-2)6-8-16/h5-8H,3-4,9-14H2,1-2H3,(H,18,21). The summed E-state index contributed by atoms with van der Waals surface area (Å²) >= 11 is 0. The van der Waals surface area contributed by atoms with Gasteiger partial charge in [-0.05, 0) is 30.7 Å². The van der Waals surface area contributed by atoms with Crippen molar-refractivity contribution in [1.29, 1.82) is 0 Å². The summed E-state index contributed by atoms with van der Waals surface area (Å²) < 4.78 is 31.9. The Labute approximate surface area is 150 Å². The number of carbonyl (C=O) groups excluding carboxylic acids is 1. The Hall–Kier alpha value is -1.64. The smallest absolute Gasteiger partial charge is 0.243 e. The second kappa shape index (κ2) is 9.17. The lowest BCUT2D eigenvalue weighted by Gasteiger charge is -2.33. The summed E-state index contributed by atoms with van der Waals surface area (Å²) in [5, 5.41) is 2.88. The molecule has 8 heteroatoms. The van der Waals surface area contributed by atoms with Crippen molar-refractivity contribution in [3.05, 3.63) is 24.3 Å². The predicted molar refractivity (Wildman–Crippen MR) is 96.1 cm³/mol. The van der Waals surface area contributed by atoms with Crippen LogP contribution in [-0.2, 0) is 14.8 Å². The van der Waals surface area contributed by atoms with Crippen LogP contribution in [-0.4, -0.2) is 69.9 Å². The van der Waals surface area contributed by atoms with Gasteiger partial charge in [0, 0.05) is 32.7 Å². The third-order valence-corrected chi connectivity index (χ3v) is 6.16. The third-order valence-electron chi connectivity index (χ3n) is 4.25. The summed E-state index contributed by atoms with van der Waals surface area (Å²) in [7, 11) is -1.96. The van der Waals surface area contributed by atoms with E-state index in [1.807, 2.05) is 4.90 Å². The molecule has 1 N–H and O–H groups in total. The molecule has 1 aliphatic heterocycles. The highest BCUT2D eigenvalue weighted by Gasteiger charge is 2.28. The summed E-state index contributed by atoms with van der Waals surface area (Å²) in [6.07, 6.45) is 2.02. The van der Waals surface area contributed by atoms with Crippen molar-refractivity contribution < 1.29 is 17.9 Å². The van der Waals surface area contributed by atoms with Gasteiger partial charge in [0.15, 0.2) is 0 Å². The molecular formula is C17H27N3O4S. The molecule has 0 aromatic heterocycles. The Morgan fingerprint density at radius 2 is 1.80 bits per heavy atom. The number of sulfonamides is 1. The first-order chi connectivity index (χ1) is 12.0. The van der Waals surface area contributed by atoms with E-state index in [4.69, 9.17) is 4.74 Å². The zero-order valence-electron chi connectivity index (χ0n) is 14.9. The van der Waals surface area contributed by atoms with Crippen LogP contribution in [0.5, 0.6) is 5.75 Å². The van der Waals surface area contributed by atoms with E-state index in [-0.39, 0.29) is 10.8 Å². The van der Waals surface area contributed by atoms with Crippen LogP contribution in [0.15, 0.2) is 29.2 Å². The number of carbonyl (C=O) groups is 1. The van der Waals surface area contributed by atoms with Crippen molar-refractivity contribution in [2.24, 2.45) is 0 Å². The zero-order valence-corrected chi connectivity index (χ0v) is 15.7. The number of hydrogen-bond donors (Lipinski definition) is 1. The van der Waals surface area contributed by atoms with Gasteiger partial charge >= 0.3 is 0 Å². The molecule has 1 heterocycles. The number of rotatable bonds is 8. The Balaban J connectivity index is 1.87. The zero-order chi connectivity index (χ0) is 18.3. The van der Waals surface area contributed by atoms with Crippen LogP contribution in [0.1, 0.15) is 19.8 Å². The summed E-state index contributed by atoms with van der Waals surface area (Å²) in [6, 6.07) is 6.40. The average molecular weight is 369 g/mol. The normalized spacial score (nSPS) is 16.6. The number of amides is 1. The number of unbranched alkanes of at least 4 members (excludes halogenated alkanes) is 1. The maximum Gasteiger partial charge on any atom is 0.243 e. The van der Waals surface area contributed by atoms with Crippen LogP contribution >= 0.6 is 0 Å². The largest absolute Gasteiger partial charge is 0.497 e. The molecular weight excluding hydrogens is 342 g/mol. The number of hydrogen-bond acceptors (Lipinski definition) is 5. The first-order valence-corrected chi connectivity index (χ1v) is 10.0. The molecule has 0 atom stereocenters. The monoisotopic (exact) mass is 369 g/mol. The van der Waals surface area contributed by atoms with Gasteiger partial charge in [0.25, 0.3) is 0 Å². The SMILES string of the molecule is CCCCNC(=O)CN1CCN(S(=O)(=O)c2ccc(OC)cc2)CC1. The summed E-state index contributed by atoms with van der Waals surface area (Å²) in [4.78, 5) is 14.1. The Bertz CT molecular complexity index is 653. The van der Waals surface area contributed by atoms with Gasteiger partial charge in [-0.25, -0.2) is 8.42 Å². The highest BCUT2D eigenvalue weighted by atomic mass is 32.2. The predicted octanol–water partition coefficient (Wildman–Crippen LogP) is 0.918. The van der Waals surface area contributed by atoms with Crippen LogP contribution < -0.4 is 10.1 Å². The first kappa shape index (κ1) is 19.7. The molecule has 1 amide bonds. The number of piperazine rings is 1. The number of nitrogens with zero attached hydrogens (tertiary/aromatic N) is 2. The molecule has 1 aromatic rings. The van der Waals surface area contributed by atoms with Crippen LogP contribution in [0.4, 0.5) is 0 Å². The fourth-order valence-electron chi connectivity index (χ4n) is 2.69. The van der Waals surface area contributed by atoms with Crippen molar-refractivity contribution in [3.63, 3.8) is 0 Å². The van der Waals surface area contributed by atoms with E-state index in [1.165, 1.54) is 4.31 Å². The molecule has 1 aliphatic rings. The topological polar surface area (TPSA) is 79.0 Å². The molecule has 0 radical (unpaired) electrons. The molecule has 0 bridgehead atoms. The quantitative estimate of drug-likeness (QED) is 0.690. The van der Waals surface area contributed by atoms with Gasteiger partial charge < -0.3 is 10.1 Å². The van der Waals surface area contributed by atoms with Crippen molar-refractivity contribution in [1.82, 2.24) is 14.5 Å². The van der Waals surface area contributed by atoms with Crippen molar-refractivity contribution >= 4 is 15.9 Å². The van der Waals surface area contributed by atoms with Crippen molar-refractivity contribution in [2.75, 3.05) is 46.4 Å². The van der Waals surface area contributed by atoms with Gasteiger partial charge in [-0.2, -0.15) is 4.31 Å². The van der Waals surface area contributed by atoms with E-state index in [9.17, 15) is 13.2 Å². The van der Waals surface area contributed by atoms with E-state index >= 15 is 0 Å². The molecule has 140 valence electrons. The van der Waals surface area contributed by atoms with Crippen molar-refractivity contribution in [2.45, 2.75) is 24.7 Å². The Morgan fingerprint density at radius 1 is 1.16 bits per heavy atom. The molecule has 7 nitrogen and oxygen atoms in total. The second-order valence-electron chi connectivity index (χ2n) is 6.06. The molecule has 0 unspecified atom stereocenters. The molecule has 1 aromatic carbocycles. The maximum atomic E-state index is 12.7. The van der Waals surface area contributed by atoms with Gasteiger partial charge in [0.05, 0.1) is 18.6 Å². The van der Waals surface area contributed by atoms with Gasteiger partial charge in [0.1, 0.15) is 5.75 Å². The van der Waals surface area contributed by atoms with E-state index in [0.717, 1.165) is 12.8 Å². The van der Waals surface area contributed by atoms with Gasteiger partial charge in [0.2, 0.25) is 15.9 Å². The summed E-state index contributed by atoms with van der Waals surface area (Å²) in [5.74, 6) is 0.623. The molecule has 25 heavy (non-hydrogen) atoms. The van der Waals surface area contributed by atoms with E-state index in [0.29, 0.717) is 45.0 Å². The van der Waals surface area contributed by atoms with Gasteiger partial charge in [-0.15, -0.1) is 0 Å². The van der Waals surface area contributed by atoms with E-state index < -0.39 is 10.0 Å². The lowest BCUT2D eigenvalue weighted by molar-refractivity contribution is -0.122. The minimum absolute atomic E-state index is 0.0000819. The number of nitrogens with one attached hydrogen (secondary N) is 1. The van der Waals surface area contributed by atoms with E-state index in [1.54, 1.807) is 31.4 Å². The maximum absolute atomic E-state index is 12.7. The number of methoxy groups -OCH3 is 1. The molecule has 0 saturated carbocycles. The summed E-state index contributed by atoms with van der Waals surface area (Å²) in [5.41, 5.74) is 0. The van der Waals surface area contributed by atoms with Crippen LogP contribution in [0.2, 0.25) is 0 Å². The van der Waals surface area contributed by atoms with Gasteiger partial charge in [-0.1, -0.05) is 13.3 Å². The number of ether oxygens (including phenoxy) is 1. The molecule has 2 rings (SSSR count). The van der Waals surface area contributed by atoms with E-state index in [2.05, 4.69) is 12.2 Å². The first-order valence-electron chi connectivity index (χ1n) is 8.60. The van der Waals surface area contributed by atoms with Crippen LogP contribution in [0.3, 0.4) is 0 Å². The second-order valence-corrected chi connectivity index (χ2v) is 8.00. The van der Waals surface area contributed by atoms with Gasteiger partial charge in [-0.3, -0.25) is 9.69 Å². The van der Waals surface area contributed by atoms with Crippen molar-refractivity contribution in [3.8, 4) is 5.75 Å². The fourth-order valence-corrected chi connectivity index (χ4v) is 4.11. The third kappa shape index (κ3) is 5.42. The number of benzene rings is 1. The fraction of sp³-hybridized carbons (Fsp3) is 0.588. The highest BCUT2D eigenvalue weighted by Crippen LogP contribution is 2.20. The lowest BCUT2D eigenvalue weighted by atomic mass is 10.3. The lowest BCUT2D eigenvalue weighted by Crippen LogP contribution is -2.51.